The number of carbonyl (C=O) groups excluding carboxylic acids is 1. The molecule has 0 amide bonds. The summed E-state index contributed by atoms with van der Waals surface area (Å²) in [6, 6.07) is 8.08. The highest BCUT2D eigenvalue weighted by molar-refractivity contribution is 5.92. The summed E-state index contributed by atoms with van der Waals surface area (Å²) in [6.07, 6.45) is 1.79. The van der Waals surface area contributed by atoms with Crippen LogP contribution in [-0.2, 0) is 4.74 Å². The molecular weight excluding hydrogens is 250 g/mol. The molecule has 0 bridgehead atoms. The summed E-state index contributed by atoms with van der Waals surface area (Å²) in [5, 5.41) is 0. The van der Waals surface area contributed by atoms with Gasteiger partial charge in [-0.15, -0.1) is 0 Å². The molecule has 104 valence electrons. The zero-order valence-electron chi connectivity index (χ0n) is 12.4. The fourth-order valence-electron chi connectivity index (χ4n) is 2.03. The Hall–Kier alpha value is -2.16. The molecule has 0 fully saturated rings. The van der Waals surface area contributed by atoms with E-state index in [1.807, 2.05) is 19.1 Å². The van der Waals surface area contributed by atoms with E-state index in [9.17, 15) is 4.79 Å². The summed E-state index contributed by atoms with van der Waals surface area (Å²) >= 11 is 0. The van der Waals surface area contributed by atoms with Gasteiger partial charge in [0.15, 0.2) is 0 Å². The highest BCUT2D eigenvalue weighted by Gasteiger charge is 2.12. The van der Waals surface area contributed by atoms with Gasteiger partial charge in [-0.2, -0.15) is 0 Å². The predicted octanol–water partition coefficient (Wildman–Crippen LogP) is 3.85. The quantitative estimate of drug-likeness (QED) is 0.794. The lowest BCUT2D eigenvalue weighted by Gasteiger charge is -2.09. The van der Waals surface area contributed by atoms with E-state index < -0.39 is 0 Å². The molecule has 20 heavy (non-hydrogen) atoms. The van der Waals surface area contributed by atoms with Gasteiger partial charge in [0.1, 0.15) is 0 Å². The van der Waals surface area contributed by atoms with Gasteiger partial charge in [-0.3, -0.25) is 4.98 Å². The van der Waals surface area contributed by atoms with Crippen molar-refractivity contribution in [1.82, 2.24) is 4.98 Å². The Balaban J connectivity index is 2.45. The summed E-state index contributed by atoms with van der Waals surface area (Å²) in [5.74, 6) is -0.316. The normalized spacial score (nSPS) is 10.4. The second-order valence-corrected chi connectivity index (χ2v) is 4.88. The molecule has 3 heteroatoms. The van der Waals surface area contributed by atoms with Crippen molar-refractivity contribution in [1.29, 1.82) is 0 Å². The first-order chi connectivity index (χ1) is 9.52. The van der Waals surface area contributed by atoms with Crippen LogP contribution < -0.4 is 0 Å². The molecule has 0 radical (unpaired) electrons. The van der Waals surface area contributed by atoms with Gasteiger partial charge in [0.05, 0.1) is 17.9 Å². The Kier molecular flexibility index (Phi) is 4.18. The first-order valence-corrected chi connectivity index (χ1v) is 6.74. The number of aromatic nitrogens is 1. The van der Waals surface area contributed by atoms with Gasteiger partial charge in [0.2, 0.25) is 0 Å². The highest BCUT2D eigenvalue weighted by Crippen LogP contribution is 2.23. The maximum Gasteiger partial charge on any atom is 0.339 e. The molecule has 0 unspecified atom stereocenters. The van der Waals surface area contributed by atoms with Crippen molar-refractivity contribution in [2.45, 2.75) is 27.7 Å². The summed E-state index contributed by atoms with van der Waals surface area (Å²) in [5.41, 5.74) is 5.69. The largest absolute Gasteiger partial charge is 0.462 e. The molecular formula is C17H19NO2. The average Bonchev–Trinajstić information content (AvgIpc) is 2.42. The zero-order chi connectivity index (χ0) is 14.7. The molecule has 1 aromatic carbocycles. The number of rotatable bonds is 3. The van der Waals surface area contributed by atoms with Crippen molar-refractivity contribution >= 4 is 5.97 Å². The topological polar surface area (TPSA) is 39.2 Å². The Labute approximate surface area is 119 Å². The smallest absolute Gasteiger partial charge is 0.339 e. The van der Waals surface area contributed by atoms with Crippen molar-refractivity contribution in [2.24, 2.45) is 0 Å². The minimum Gasteiger partial charge on any atom is -0.462 e. The number of aryl methyl sites for hydroxylation is 3. The van der Waals surface area contributed by atoms with Gasteiger partial charge in [-0.1, -0.05) is 18.2 Å². The predicted molar refractivity (Wildman–Crippen MR) is 79.8 cm³/mol. The van der Waals surface area contributed by atoms with Gasteiger partial charge < -0.3 is 4.74 Å². The van der Waals surface area contributed by atoms with Crippen molar-refractivity contribution in [2.75, 3.05) is 6.61 Å². The summed E-state index contributed by atoms with van der Waals surface area (Å²) in [6.45, 7) is 8.14. The SMILES string of the molecule is CCOC(=O)c1cc(-c2ccc(C)c(C)c2)cnc1C. The number of nitrogens with zero attached hydrogens (tertiary/aromatic N) is 1. The highest BCUT2D eigenvalue weighted by atomic mass is 16.5. The Morgan fingerprint density at radius 3 is 2.50 bits per heavy atom. The van der Waals surface area contributed by atoms with Gasteiger partial charge in [-0.25, -0.2) is 4.79 Å². The third-order valence-corrected chi connectivity index (χ3v) is 3.42. The number of pyridine rings is 1. The van der Waals surface area contributed by atoms with Crippen LogP contribution in [0.5, 0.6) is 0 Å². The molecule has 3 nitrogen and oxygen atoms in total. The van der Waals surface area contributed by atoms with Gasteiger partial charge in [-0.05, 0) is 50.5 Å². The molecule has 0 spiro atoms. The Morgan fingerprint density at radius 2 is 1.85 bits per heavy atom. The van der Waals surface area contributed by atoms with Crippen molar-refractivity contribution < 1.29 is 9.53 Å². The molecule has 2 rings (SSSR count). The van der Waals surface area contributed by atoms with Gasteiger partial charge in [0, 0.05) is 11.8 Å². The van der Waals surface area contributed by atoms with E-state index in [1.165, 1.54) is 11.1 Å². The van der Waals surface area contributed by atoms with Crippen LogP contribution >= 0.6 is 0 Å². The monoisotopic (exact) mass is 269 g/mol. The molecule has 0 saturated heterocycles. The molecule has 0 aliphatic rings. The third kappa shape index (κ3) is 2.87. The van der Waals surface area contributed by atoms with Crippen LogP contribution in [0.3, 0.4) is 0 Å². The van der Waals surface area contributed by atoms with E-state index in [2.05, 4.69) is 31.0 Å². The zero-order valence-corrected chi connectivity index (χ0v) is 12.4. The number of ether oxygens (including phenoxy) is 1. The molecule has 0 N–H and O–H groups in total. The Bertz CT molecular complexity index is 647. The number of benzene rings is 1. The molecule has 0 atom stereocenters. The van der Waals surface area contributed by atoms with Crippen LogP contribution in [0.15, 0.2) is 30.5 Å². The molecule has 0 aliphatic carbocycles. The second kappa shape index (κ2) is 5.87. The fraction of sp³-hybridized carbons (Fsp3) is 0.294. The van der Waals surface area contributed by atoms with Crippen LogP contribution in [0.2, 0.25) is 0 Å². The number of esters is 1. The number of hydrogen-bond donors (Lipinski definition) is 0. The van der Waals surface area contributed by atoms with E-state index in [4.69, 9.17) is 4.74 Å². The van der Waals surface area contributed by atoms with E-state index in [0.717, 1.165) is 11.1 Å². The molecule has 2 aromatic rings. The van der Waals surface area contributed by atoms with Crippen molar-refractivity contribution in [3.63, 3.8) is 0 Å². The lowest BCUT2D eigenvalue weighted by molar-refractivity contribution is 0.0525. The van der Waals surface area contributed by atoms with Crippen LogP contribution in [-0.4, -0.2) is 17.6 Å². The van der Waals surface area contributed by atoms with Gasteiger partial charge >= 0.3 is 5.97 Å². The first kappa shape index (κ1) is 14.3. The molecule has 0 aliphatic heterocycles. The standard InChI is InChI=1S/C17H19NO2/c1-5-20-17(19)16-9-15(10-18-13(16)4)14-7-6-11(2)12(3)8-14/h6-10H,5H2,1-4H3. The second-order valence-electron chi connectivity index (χ2n) is 4.88. The summed E-state index contributed by atoms with van der Waals surface area (Å²) in [4.78, 5) is 16.2. The molecule has 1 aromatic heterocycles. The van der Waals surface area contributed by atoms with E-state index >= 15 is 0 Å². The maximum atomic E-state index is 11.9. The minimum atomic E-state index is -0.316. The maximum absolute atomic E-state index is 11.9. The Morgan fingerprint density at radius 1 is 1.10 bits per heavy atom. The lowest BCUT2D eigenvalue weighted by atomic mass is 10.00. The fourth-order valence-corrected chi connectivity index (χ4v) is 2.03. The van der Waals surface area contributed by atoms with Gasteiger partial charge in [0.25, 0.3) is 0 Å². The van der Waals surface area contributed by atoms with E-state index in [1.54, 1.807) is 13.1 Å². The van der Waals surface area contributed by atoms with Crippen molar-refractivity contribution in [3.05, 3.63) is 52.8 Å². The first-order valence-electron chi connectivity index (χ1n) is 6.74. The average molecular weight is 269 g/mol. The van der Waals surface area contributed by atoms with Crippen LogP contribution in [0.25, 0.3) is 11.1 Å². The molecule has 1 heterocycles. The van der Waals surface area contributed by atoms with Crippen LogP contribution in [0, 0.1) is 20.8 Å². The van der Waals surface area contributed by atoms with Crippen molar-refractivity contribution in [3.8, 4) is 11.1 Å². The summed E-state index contributed by atoms with van der Waals surface area (Å²) < 4.78 is 5.06. The van der Waals surface area contributed by atoms with E-state index in [0.29, 0.717) is 17.9 Å². The molecule has 0 saturated carbocycles. The lowest BCUT2D eigenvalue weighted by Crippen LogP contribution is -2.08. The van der Waals surface area contributed by atoms with E-state index in [-0.39, 0.29) is 5.97 Å². The van der Waals surface area contributed by atoms with Crippen LogP contribution in [0.1, 0.15) is 34.1 Å². The number of hydrogen-bond acceptors (Lipinski definition) is 3. The summed E-state index contributed by atoms with van der Waals surface area (Å²) in [7, 11) is 0. The van der Waals surface area contributed by atoms with Crippen LogP contribution in [0.4, 0.5) is 0 Å². The number of carbonyl (C=O) groups is 1. The minimum absolute atomic E-state index is 0.316. The third-order valence-electron chi connectivity index (χ3n) is 3.42.